The third-order valence-corrected chi connectivity index (χ3v) is 4.04. The molecule has 1 heterocycles. The van der Waals surface area contributed by atoms with Crippen molar-refractivity contribution >= 4 is 17.2 Å². The number of nitrogens with one attached hydrogen (secondary N) is 1. The summed E-state index contributed by atoms with van der Waals surface area (Å²) in [5.74, 6) is 0.637. The van der Waals surface area contributed by atoms with Crippen molar-refractivity contribution in [3.63, 3.8) is 0 Å². The number of rotatable bonds is 8. The van der Waals surface area contributed by atoms with E-state index in [1.807, 2.05) is 24.4 Å². The maximum Gasteiger partial charge on any atom is 0.251 e. The van der Waals surface area contributed by atoms with E-state index in [0.717, 1.165) is 36.5 Å². The van der Waals surface area contributed by atoms with Crippen molar-refractivity contribution < 1.29 is 9.53 Å². The van der Waals surface area contributed by atoms with Gasteiger partial charge in [0, 0.05) is 17.5 Å². The van der Waals surface area contributed by atoms with E-state index in [1.165, 1.54) is 0 Å². The summed E-state index contributed by atoms with van der Waals surface area (Å²) in [6.07, 6.45) is 3.30. The van der Waals surface area contributed by atoms with Crippen LogP contribution in [0.4, 0.5) is 0 Å². The fourth-order valence-corrected chi connectivity index (χ4v) is 2.64. The van der Waals surface area contributed by atoms with Crippen molar-refractivity contribution in [2.24, 2.45) is 0 Å². The van der Waals surface area contributed by atoms with E-state index < -0.39 is 0 Å². The fourth-order valence-electron chi connectivity index (χ4n) is 2.04. The Morgan fingerprint density at radius 1 is 1.36 bits per heavy atom. The number of hydrogen-bond acceptors (Lipinski definition) is 4. The van der Waals surface area contributed by atoms with E-state index in [2.05, 4.69) is 17.2 Å². The molecule has 0 radical (unpaired) electrons. The number of hydrogen-bond donors (Lipinski definition) is 1. The number of amides is 1. The molecule has 2 aromatic rings. The Hall–Kier alpha value is -1.88. The summed E-state index contributed by atoms with van der Waals surface area (Å²) < 4.78 is 5.70. The second kappa shape index (κ2) is 8.54. The Labute approximate surface area is 135 Å². The second-order valence-electron chi connectivity index (χ2n) is 5.14. The molecule has 1 aromatic carbocycles. The molecule has 0 fully saturated rings. The Bertz CT molecular complexity index is 610. The van der Waals surface area contributed by atoms with E-state index in [9.17, 15) is 4.79 Å². The molecule has 0 bridgehead atoms. The summed E-state index contributed by atoms with van der Waals surface area (Å²) in [5.41, 5.74) is 1.54. The molecule has 22 heavy (non-hydrogen) atoms. The highest BCUT2D eigenvalue weighted by Crippen LogP contribution is 2.16. The number of aryl methyl sites for hydroxylation is 1. The highest BCUT2D eigenvalue weighted by molar-refractivity contribution is 7.09. The van der Waals surface area contributed by atoms with Gasteiger partial charge in [-0.05, 0) is 31.5 Å². The lowest BCUT2D eigenvalue weighted by atomic mass is 10.2. The molecule has 0 atom stereocenters. The molecule has 1 aromatic heterocycles. The molecule has 2 rings (SSSR count). The Balaban J connectivity index is 1.87. The molecule has 1 amide bonds. The molecule has 0 aliphatic heterocycles. The van der Waals surface area contributed by atoms with Crippen LogP contribution in [-0.2, 0) is 6.61 Å². The van der Waals surface area contributed by atoms with Gasteiger partial charge in [0.25, 0.3) is 5.91 Å². The van der Waals surface area contributed by atoms with Crippen LogP contribution in [0.25, 0.3) is 0 Å². The first kappa shape index (κ1) is 16.5. The maximum absolute atomic E-state index is 12.1. The fraction of sp³-hybridized carbons (Fsp3) is 0.412. The molecule has 118 valence electrons. The van der Waals surface area contributed by atoms with Gasteiger partial charge in [-0.3, -0.25) is 4.79 Å². The van der Waals surface area contributed by atoms with E-state index in [-0.39, 0.29) is 5.91 Å². The third-order valence-electron chi connectivity index (χ3n) is 3.22. The van der Waals surface area contributed by atoms with Gasteiger partial charge in [-0.2, -0.15) is 0 Å². The average Bonchev–Trinajstić information content (AvgIpc) is 2.95. The molecular formula is C17H22N2O2S. The smallest absolute Gasteiger partial charge is 0.251 e. The highest BCUT2D eigenvalue weighted by Gasteiger charge is 2.07. The molecule has 0 saturated heterocycles. The van der Waals surface area contributed by atoms with Crippen molar-refractivity contribution in [3.8, 4) is 5.75 Å². The van der Waals surface area contributed by atoms with Crippen LogP contribution < -0.4 is 10.1 Å². The first-order valence-electron chi connectivity index (χ1n) is 7.61. The molecule has 0 saturated carbocycles. The van der Waals surface area contributed by atoms with Gasteiger partial charge in [-0.15, -0.1) is 11.3 Å². The van der Waals surface area contributed by atoms with E-state index in [0.29, 0.717) is 17.9 Å². The zero-order valence-electron chi connectivity index (χ0n) is 13.1. The number of ether oxygens (including phenoxy) is 1. The molecule has 4 nitrogen and oxygen atoms in total. The minimum absolute atomic E-state index is 0.0499. The Kier molecular flexibility index (Phi) is 6.40. The van der Waals surface area contributed by atoms with Crippen LogP contribution in [-0.4, -0.2) is 17.4 Å². The monoisotopic (exact) mass is 318 g/mol. The van der Waals surface area contributed by atoms with E-state index in [1.54, 1.807) is 23.5 Å². The van der Waals surface area contributed by atoms with Crippen molar-refractivity contribution in [1.82, 2.24) is 10.3 Å². The summed E-state index contributed by atoms with van der Waals surface area (Å²) in [6, 6.07) is 7.26. The largest absolute Gasteiger partial charge is 0.487 e. The van der Waals surface area contributed by atoms with Gasteiger partial charge in [-0.25, -0.2) is 4.98 Å². The van der Waals surface area contributed by atoms with Crippen LogP contribution in [0.5, 0.6) is 5.75 Å². The molecule has 5 heteroatoms. The van der Waals surface area contributed by atoms with Gasteiger partial charge in [-0.1, -0.05) is 25.8 Å². The van der Waals surface area contributed by atoms with Gasteiger partial charge in [0.15, 0.2) is 0 Å². The topological polar surface area (TPSA) is 51.2 Å². The average molecular weight is 318 g/mol. The standard InChI is InChI=1S/C17H22N2O2S/c1-3-4-5-9-18-17(20)14-7-6-8-16(10-14)21-11-15-12-22-13(2)19-15/h6-8,10,12H,3-5,9,11H2,1-2H3,(H,18,20). The lowest BCUT2D eigenvalue weighted by Crippen LogP contribution is -2.24. The minimum atomic E-state index is -0.0499. The predicted molar refractivity (Wildman–Crippen MR) is 89.5 cm³/mol. The lowest BCUT2D eigenvalue weighted by molar-refractivity contribution is 0.0952. The second-order valence-corrected chi connectivity index (χ2v) is 6.20. The molecule has 0 aliphatic carbocycles. The lowest BCUT2D eigenvalue weighted by Gasteiger charge is -2.08. The van der Waals surface area contributed by atoms with E-state index >= 15 is 0 Å². The molecule has 0 spiro atoms. The van der Waals surface area contributed by atoms with Crippen LogP contribution in [0.1, 0.15) is 47.2 Å². The SMILES string of the molecule is CCCCCNC(=O)c1cccc(OCc2csc(C)n2)c1. The van der Waals surface area contributed by atoms with E-state index in [4.69, 9.17) is 4.74 Å². The molecular weight excluding hydrogens is 296 g/mol. The first-order chi connectivity index (χ1) is 10.7. The summed E-state index contributed by atoms with van der Waals surface area (Å²) in [4.78, 5) is 16.4. The minimum Gasteiger partial charge on any atom is -0.487 e. The number of aromatic nitrogens is 1. The third kappa shape index (κ3) is 5.15. The highest BCUT2D eigenvalue weighted by atomic mass is 32.1. The number of nitrogens with zero attached hydrogens (tertiary/aromatic N) is 1. The molecule has 1 N–H and O–H groups in total. The van der Waals surface area contributed by atoms with Crippen LogP contribution in [0.3, 0.4) is 0 Å². The van der Waals surface area contributed by atoms with Crippen LogP contribution in [0.15, 0.2) is 29.6 Å². The summed E-state index contributed by atoms with van der Waals surface area (Å²) in [6.45, 7) is 5.26. The van der Waals surface area contributed by atoms with Crippen LogP contribution >= 0.6 is 11.3 Å². The molecule has 0 aliphatic rings. The number of carbonyl (C=O) groups is 1. The number of carbonyl (C=O) groups excluding carboxylic acids is 1. The van der Waals surface area contributed by atoms with Gasteiger partial charge in [0.05, 0.1) is 10.7 Å². The molecule has 0 unspecified atom stereocenters. The summed E-state index contributed by atoms with van der Waals surface area (Å²) in [5, 5.41) is 5.95. The summed E-state index contributed by atoms with van der Waals surface area (Å²) in [7, 11) is 0. The van der Waals surface area contributed by atoms with Crippen molar-refractivity contribution in [2.75, 3.05) is 6.54 Å². The van der Waals surface area contributed by atoms with Crippen molar-refractivity contribution in [2.45, 2.75) is 39.7 Å². The van der Waals surface area contributed by atoms with Gasteiger partial charge in [0.2, 0.25) is 0 Å². The maximum atomic E-state index is 12.1. The van der Waals surface area contributed by atoms with Gasteiger partial charge in [0.1, 0.15) is 12.4 Å². The normalized spacial score (nSPS) is 10.5. The number of benzene rings is 1. The quantitative estimate of drug-likeness (QED) is 0.750. The number of thiazole rings is 1. The zero-order chi connectivity index (χ0) is 15.8. The predicted octanol–water partition coefficient (Wildman–Crippen LogP) is 3.95. The number of unbranched alkanes of at least 4 members (excludes halogenated alkanes) is 2. The zero-order valence-corrected chi connectivity index (χ0v) is 13.9. The van der Waals surface area contributed by atoms with Crippen molar-refractivity contribution in [1.29, 1.82) is 0 Å². The van der Waals surface area contributed by atoms with Crippen LogP contribution in [0.2, 0.25) is 0 Å². The summed E-state index contributed by atoms with van der Waals surface area (Å²) >= 11 is 1.61. The first-order valence-corrected chi connectivity index (χ1v) is 8.49. The van der Waals surface area contributed by atoms with Gasteiger partial charge < -0.3 is 10.1 Å². The Morgan fingerprint density at radius 2 is 2.23 bits per heavy atom. The van der Waals surface area contributed by atoms with Crippen molar-refractivity contribution in [3.05, 3.63) is 45.9 Å². The Morgan fingerprint density at radius 3 is 2.95 bits per heavy atom. The van der Waals surface area contributed by atoms with Crippen LogP contribution in [0, 0.1) is 6.92 Å². The van der Waals surface area contributed by atoms with Gasteiger partial charge >= 0.3 is 0 Å².